The summed E-state index contributed by atoms with van der Waals surface area (Å²) >= 11 is 1.38. The molecule has 0 saturated carbocycles. The number of methoxy groups -OCH3 is 1. The van der Waals surface area contributed by atoms with E-state index in [1.54, 1.807) is 6.07 Å². The molecule has 3 aromatic rings. The van der Waals surface area contributed by atoms with E-state index in [0.717, 1.165) is 43.2 Å². The molecule has 0 aliphatic carbocycles. The van der Waals surface area contributed by atoms with Crippen LogP contribution in [-0.2, 0) is 20.9 Å². The van der Waals surface area contributed by atoms with Crippen LogP contribution >= 0.6 is 11.3 Å². The highest BCUT2D eigenvalue weighted by molar-refractivity contribution is 7.92. The van der Waals surface area contributed by atoms with Crippen LogP contribution in [0.15, 0.2) is 41.4 Å². The summed E-state index contributed by atoms with van der Waals surface area (Å²) in [5, 5.41) is 4.21. The Hall–Kier alpha value is -2.90. The number of sulfonamides is 1. The Balaban J connectivity index is 1.66. The lowest BCUT2D eigenvalue weighted by molar-refractivity contribution is -0.140. The second kappa shape index (κ2) is 10.7. The molecule has 3 heterocycles. The number of alkyl halides is 3. The van der Waals surface area contributed by atoms with Gasteiger partial charge >= 0.3 is 6.18 Å². The van der Waals surface area contributed by atoms with Gasteiger partial charge in [-0.25, -0.2) is 18.4 Å². The molecular weight excluding hydrogens is 541 g/mol. The minimum absolute atomic E-state index is 0.0140. The molecule has 1 aliphatic heterocycles. The molecule has 0 amide bonds. The van der Waals surface area contributed by atoms with Gasteiger partial charge in [0, 0.05) is 24.9 Å². The maximum Gasteiger partial charge on any atom is 0.435 e. The Kier molecular flexibility index (Phi) is 7.91. The normalized spacial score (nSPS) is 15.3. The number of hydrogen-bond acceptors (Lipinski definition) is 8. The number of benzene rings is 1. The molecule has 2 aromatic heterocycles. The van der Waals surface area contributed by atoms with Crippen molar-refractivity contribution in [2.45, 2.75) is 50.2 Å². The Morgan fingerprint density at radius 2 is 1.87 bits per heavy atom. The second-order valence-corrected chi connectivity index (χ2v) is 12.2. The quantitative estimate of drug-likeness (QED) is 0.345. The van der Waals surface area contributed by atoms with E-state index in [2.05, 4.69) is 29.1 Å². The molecule has 2 N–H and O–H groups in total. The smallest absolute Gasteiger partial charge is 0.435 e. The van der Waals surface area contributed by atoms with Crippen LogP contribution in [0.2, 0.25) is 0 Å². The molecule has 0 atom stereocenters. The van der Waals surface area contributed by atoms with Crippen LogP contribution in [-0.4, -0.2) is 44.2 Å². The second-order valence-electron chi connectivity index (χ2n) is 9.54. The summed E-state index contributed by atoms with van der Waals surface area (Å²) in [6.07, 6.45) is -2.01. The predicted octanol–water partition coefficient (Wildman–Crippen LogP) is 5.96. The number of aryl methyl sites for hydroxylation is 1. The molecule has 0 radical (unpaired) electrons. The lowest BCUT2D eigenvalue weighted by Gasteiger charge is -2.37. The topological polar surface area (TPSA) is 102 Å². The first-order chi connectivity index (χ1) is 17.8. The zero-order chi connectivity index (χ0) is 27.7. The van der Waals surface area contributed by atoms with Crippen LogP contribution in [0, 0.1) is 12.8 Å². The summed E-state index contributed by atoms with van der Waals surface area (Å²) in [7, 11) is -3.19. The van der Waals surface area contributed by atoms with Gasteiger partial charge < -0.3 is 14.8 Å². The van der Waals surface area contributed by atoms with E-state index in [-0.39, 0.29) is 16.2 Å². The highest BCUT2D eigenvalue weighted by Gasteiger charge is 2.37. The third kappa shape index (κ3) is 6.05. The number of halogens is 3. The summed E-state index contributed by atoms with van der Waals surface area (Å²) in [6, 6.07) is 6.76. The molecule has 1 saturated heterocycles. The first-order valence-electron chi connectivity index (χ1n) is 11.9. The molecule has 206 valence electrons. The van der Waals surface area contributed by atoms with Crippen molar-refractivity contribution in [2.75, 3.05) is 30.4 Å². The molecule has 0 bridgehead atoms. The molecule has 0 spiro atoms. The largest absolute Gasteiger partial charge is 0.495 e. The summed E-state index contributed by atoms with van der Waals surface area (Å²) in [4.78, 5) is 8.39. The van der Waals surface area contributed by atoms with E-state index in [0.29, 0.717) is 22.3 Å². The maximum atomic E-state index is 13.4. The van der Waals surface area contributed by atoms with E-state index in [9.17, 15) is 21.6 Å². The van der Waals surface area contributed by atoms with Crippen molar-refractivity contribution < 1.29 is 31.1 Å². The highest BCUT2D eigenvalue weighted by atomic mass is 32.2. The van der Waals surface area contributed by atoms with Crippen LogP contribution in [0.1, 0.15) is 38.1 Å². The fourth-order valence-electron chi connectivity index (χ4n) is 4.46. The first kappa shape index (κ1) is 28.1. The SMILES string of the molecule is COc1ccc(-c2sc(NC(C)(C)C3CCOCC3)nc2C)cc1S(=O)(=O)Nc1cccnc1C(F)(F)F. The molecule has 1 aromatic carbocycles. The zero-order valence-corrected chi connectivity index (χ0v) is 23.0. The van der Waals surface area contributed by atoms with E-state index in [4.69, 9.17) is 9.47 Å². The number of aromatic nitrogens is 2. The van der Waals surface area contributed by atoms with Gasteiger partial charge in [0.1, 0.15) is 10.6 Å². The summed E-state index contributed by atoms with van der Waals surface area (Å²) in [5.74, 6) is 0.390. The monoisotopic (exact) mass is 570 g/mol. The van der Waals surface area contributed by atoms with Gasteiger partial charge in [0.2, 0.25) is 0 Å². The van der Waals surface area contributed by atoms with Gasteiger partial charge in [-0.3, -0.25) is 4.72 Å². The van der Waals surface area contributed by atoms with Crippen LogP contribution in [0.3, 0.4) is 0 Å². The number of nitrogens with one attached hydrogen (secondary N) is 2. The Labute approximate surface area is 223 Å². The van der Waals surface area contributed by atoms with Crippen molar-refractivity contribution in [1.82, 2.24) is 9.97 Å². The van der Waals surface area contributed by atoms with Gasteiger partial charge in [0.15, 0.2) is 10.8 Å². The molecule has 0 unspecified atom stereocenters. The standard InChI is InChI=1S/C25H29F3N4O4S2/c1-15-21(37-23(30-15)31-24(2,3)17-9-12-36-13-10-17)16-7-8-19(35-4)20(14-16)38(33,34)32-18-6-5-11-29-22(18)25(26,27)28/h5-8,11,14,17,32H,9-10,12-13H2,1-4H3,(H,30,31). The fourth-order valence-corrected chi connectivity index (χ4v) is 6.85. The molecule has 38 heavy (non-hydrogen) atoms. The van der Waals surface area contributed by atoms with Gasteiger partial charge in [0.25, 0.3) is 10.0 Å². The van der Waals surface area contributed by atoms with Crippen LogP contribution < -0.4 is 14.8 Å². The number of nitrogens with zero attached hydrogens (tertiary/aromatic N) is 2. The van der Waals surface area contributed by atoms with Crippen molar-refractivity contribution in [3.05, 3.63) is 47.9 Å². The van der Waals surface area contributed by atoms with Crippen molar-refractivity contribution in [2.24, 2.45) is 5.92 Å². The van der Waals surface area contributed by atoms with Crippen LogP contribution in [0.4, 0.5) is 24.0 Å². The van der Waals surface area contributed by atoms with Gasteiger partial charge in [-0.15, -0.1) is 0 Å². The third-order valence-corrected chi connectivity index (χ3v) is 9.01. The van der Waals surface area contributed by atoms with E-state index < -0.39 is 27.6 Å². The van der Waals surface area contributed by atoms with Crippen molar-refractivity contribution in [3.8, 4) is 16.2 Å². The lowest BCUT2D eigenvalue weighted by atomic mass is 9.82. The Morgan fingerprint density at radius 1 is 1.16 bits per heavy atom. The lowest BCUT2D eigenvalue weighted by Crippen LogP contribution is -2.42. The van der Waals surface area contributed by atoms with E-state index >= 15 is 0 Å². The average molecular weight is 571 g/mol. The minimum atomic E-state index is -4.84. The van der Waals surface area contributed by atoms with Gasteiger partial charge in [-0.2, -0.15) is 13.2 Å². The molecule has 1 fully saturated rings. The Bertz CT molecular complexity index is 1400. The molecule has 1 aliphatic rings. The van der Waals surface area contributed by atoms with Crippen molar-refractivity contribution in [3.63, 3.8) is 0 Å². The summed E-state index contributed by atoms with van der Waals surface area (Å²) in [5.41, 5.74) is -1.01. The minimum Gasteiger partial charge on any atom is -0.495 e. The highest BCUT2D eigenvalue weighted by Crippen LogP contribution is 2.40. The van der Waals surface area contributed by atoms with E-state index in [1.807, 2.05) is 11.6 Å². The van der Waals surface area contributed by atoms with Crippen molar-refractivity contribution >= 4 is 32.2 Å². The molecule has 8 nitrogen and oxygen atoms in total. The first-order valence-corrected chi connectivity index (χ1v) is 14.2. The van der Waals surface area contributed by atoms with Crippen LogP contribution in [0.25, 0.3) is 10.4 Å². The van der Waals surface area contributed by atoms with Crippen molar-refractivity contribution in [1.29, 1.82) is 0 Å². The number of pyridine rings is 1. The van der Waals surface area contributed by atoms with Gasteiger partial charge in [-0.05, 0) is 75.4 Å². The van der Waals surface area contributed by atoms with Crippen LogP contribution in [0.5, 0.6) is 5.75 Å². The maximum absolute atomic E-state index is 13.4. The number of ether oxygens (including phenoxy) is 2. The summed E-state index contributed by atoms with van der Waals surface area (Å²) in [6.45, 7) is 7.50. The Morgan fingerprint density at radius 3 is 2.53 bits per heavy atom. The number of thiazole rings is 1. The molecule has 13 heteroatoms. The number of anilines is 2. The zero-order valence-electron chi connectivity index (χ0n) is 21.3. The number of rotatable bonds is 8. The number of hydrogen-bond donors (Lipinski definition) is 2. The molecule has 4 rings (SSSR count). The average Bonchev–Trinajstić information content (AvgIpc) is 3.22. The van der Waals surface area contributed by atoms with Gasteiger partial charge in [0.05, 0.1) is 23.4 Å². The summed E-state index contributed by atoms with van der Waals surface area (Å²) < 4.78 is 79.5. The molecular formula is C25H29F3N4O4S2. The third-order valence-electron chi connectivity index (χ3n) is 6.50. The predicted molar refractivity (Wildman–Crippen MR) is 140 cm³/mol. The van der Waals surface area contributed by atoms with E-state index in [1.165, 1.54) is 36.6 Å². The fraction of sp³-hybridized carbons (Fsp3) is 0.440. The van der Waals surface area contributed by atoms with Gasteiger partial charge in [-0.1, -0.05) is 11.3 Å².